The van der Waals surface area contributed by atoms with E-state index in [-0.39, 0.29) is 11.9 Å². The molecule has 19 heavy (non-hydrogen) atoms. The first kappa shape index (κ1) is 14.1. The first-order valence-corrected chi connectivity index (χ1v) is 7.11. The zero-order valence-corrected chi connectivity index (χ0v) is 12.1. The van der Waals surface area contributed by atoms with Crippen LogP contribution >= 0.6 is 0 Å². The van der Waals surface area contributed by atoms with Gasteiger partial charge in [-0.1, -0.05) is 12.1 Å². The van der Waals surface area contributed by atoms with Crippen LogP contribution in [0, 0.1) is 19.8 Å². The van der Waals surface area contributed by atoms with Crippen LogP contribution < -0.4 is 5.73 Å². The van der Waals surface area contributed by atoms with E-state index in [0.29, 0.717) is 5.92 Å². The fraction of sp³-hybridized carbons (Fsp3) is 0.562. The minimum Gasteiger partial charge on any atom is -0.338 e. The Bertz CT molecular complexity index is 468. The van der Waals surface area contributed by atoms with Crippen LogP contribution in [0.1, 0.15) is 41.3 Å². The van der Waals surface area contributed by atoms with Crippen molar-refractivity contribution in [3.8, 4) is 0 Å². The zero-order chi connectivity index (χ0) is 14.0. The van der Waals surface area contributed by atoms with Crippen LogP contribution in [-0.4, -0.2) is 29.9 Å². The number of hydrogen-bond donors (Lipinski definition) is 1. The van der Waals surface area contributed by atoms with Gasteiger partial charge in [-0.25, -0.2) is 0 Å². The summed E-state index contributed by atoms with van der Waals surface area (Å²) in [6.07, 6.45) is 2.19. The molecule has 0 saturated carbocycles. The average Bonchev–Trinajstić information content (AvgIpc) is 2.41. The highest BCUT2D eigenvalue weighted by molar-refractivity contribution is 5.96. The van der Waals surface area contributed by atoms with Gasteiger partial charge in [0.25, 0.3) is 5.91 Å². The number of benzene rings is 1. The molecule has 1 aliphatic heterocycles. The van der Waals surface area contributed by atoms with Gasteiger partial charge in [-0.2, -0.15) is 0 Å². The Kier molecular flexibility index (Phi) is 4.25. The molecule has 2 N–H and O–H groups in total. The van der Waals surface area contributed by atoms with Crippen LogP contribution in [0.25, 0.3) is 0 Å². The molecule has 1 heterocycles. The summed E-state index contributed by atoms with van der Waals surface area (Å²) in [6.45, 7) is 7.76. The summed E-state index contributed by atoms with van der Waals surface area (Å²) in [5.74, 6) is 0.592. The normalized spacial score (nSPS) is 21.3. The van der Waals surface area contributed by atoms with E-state index in [0.717, 1.165) is 37.1 Å². The summed E-state index contributed by atoms with van der Waals surface area (Å²) in [4.78, 5) is 14.6. The first-order valence-electron chi connectivity index (χ1n) is 7.11. The van der Waals surface area contributed by atoms with Crippen molar-refractivity contribution in [3.63, 3.8) is 0 Å². The van der Waals surface area contributed by atoms with Crippen LogP contribution in [0.3, 0.4) is 0 Å². The number of amides is 1. The number of hydrogen-bond acceptors (Lipinski definition) is 2. The lowest BCUT2D eigenvalue weighted by Crippen LogP contribution is -2.45. The van der Waals surface area contributed by atoms with Crippen molar-refractivity contribution in [1.82, 2.24) is 4.90 Å². The second-order valence-corrected chi connectivity index (χ2v) is 5.76. The van der Waals surface area contributed by atoms with E-state index in [2.05, 4.69) is 0 Å². The molecule has 1 fully saturated rings. The zero-order valence-electron chi connectivity index (χ0n) is 12.1. The van der Waals surface area contributed by atoms with Crippen molar-refractivity contribution in [2.24, 2.45) is 11.7 Å². The molecule has 2 rings (SSSR count). The largest absolute Gasteiger partial charge is 0.338 e. The Morgan fingerprint density at radius 1 is 1.42 bits per heavy atom. The highest BCUT2D eigenvalue weighted by Crippen LogP contribution is 2.22. The first-order chi connectivity index (χ1) is 9.00. The summed E-state index contributed by atoms with van der Waals surface area (Å²) in [5, 5.41) is 0. The van der Waals surface area contributed by atoms with E-state index in [4.69, 9.17) is 5.73 Å². The molecule has 3 heteroatoms. The van der Waals surface area contributed by atoms with Gasteiger partial charge in [-0.15, -0.1) is 0 Å². The smallest absolute Gasteiger partial charge is 0.254 e. The van der Waals surface area contributed by atoms with Crippen molar-refractivity contribution in [2.45, 2.75) is 39.7 Å². The Morgan fingerprint density at radius 2 is 2.16 bits per heavy atom. The topological polar surface area (TPSA) is 46.3 Å². The summed E-state index contributed by atoms with van der Waals surface area (Å²) in [5.41, 5.74) is 9.09. The second kappa shape index (κ2) is 5.74. The number of piperidine rings is 1. The predicted molar refractivity (Wildman–Crippen MR) is 78.2 cm³/mol. The molecule has 3 nitrogen and oxygen atoms in total. The van der Waals surface area contributed by atoms with Crippen LogP contribution in [0.4, 0.5) is 0 Å². The molecule has 0 unspecified atom stereocenters. The average molecular weight is 260 g/mol. The molecule has 1 amide bonds. The number of likely N-dealkylation sites (tertiary alicyclic amines) is 1. The van der Waals surface area contributed by atoms with Gasteiger partial charge in [0.2, 0.25) is 0 Å². The minimum atomic E-state index is 0.159. The van der Waals surface area contributed by atoms with Crippen molar-refractivity contribution in [2.75, 3.05) is 13.1 Å². The third-order valence-corrected chi connectivity index (χ3v) is 4.32. The number of nitrogens with two attached hydrogens (primary N) is 1. The lowest BCUT2D eigenvalue weighted by atomic mass is 9.91. The third-order valence-electron chi connectivity index (χ3n) is 4.32. The van der Waals surface area contributed by atoms with Gasteiger partial charge in [0.15, 0.2) is 0 Å². The van der Waals surface area contributed by atoms with Gasteiger partial charge in [0.1, 0.15) is 0 Å². The predicted octanol–water partition coefficient (Wildman–Crippen LogP) is 2.50. The fourth-order valence-corrected chi connectivity index (χ4v) is 2.78. The Balaban J connectivity index is 2.17. The highest BCUT2D eigenvalue weighted by atomic mass is 16.2. The molecule has 0 aliphatic carbocycles. The molecule has 1 aromatic carbocycles. The molecule has 0 bridgehead atoms. The van der Waals surface area contributed by atoms with Gasteiger partial charge in [-0.3, -0.25) is 4.79 Å². The van der Waals surface area contributed by atoms with Gasteiger partial charge >= 0.3 is 0 Å². The third kappa shape index (κ3) is 2.98. The minimum absolute atomic E-state index is 0.159. The lowest BCUT2D eigenvalue weighted by Gasteiger charge is -2.35. The van der Waals surface area contributed by atoms with E-state index in [1.165, 1.54) is 5.56 Å². The maximum absolute atomic E-state index is 12.6. The molecule has 1 aliphatic rings. The van der Waals surface area contributed by atoms with Gasteiger partial charge < -0.3 is 10.6 Å². The maximum atomic E-state index is 12.6. The van der Waals surface area contributed by atoms with Gasteiger partial charge in [-0.05, 0) is 56.7 Å². The van der Waals surface area contributed by atoms with Crippen LogP contribution in [0.15, 0.2) is 18.2 Å². The van der Waals surface area contributed by atoms with E-state index < -0.39 is 0 Å². The molecule has 0 radical (unpaired) electrons. The molecule has 0 aromatic heterocycles. The number of carbonyl (C=O) groups is 1. The molecule has 0 spiro atoms. The number of carbonyl (C=O) groups excluding carboxylic acids is 1. The quantitative estimate of drug-likeness (QED) is 0.888. The SMILES string of the molecule is Cc1cccc(C(=O)N2CCC[C@@H]([C@H](C)N)C2)c1C. The number of aryl methyl sites for hydroxylation is 1. The molecule has 104 valence electrons. The van der Waals surface area contributed by atoms with Crippen molar-refractivity contribution >= 4 is 5.91 Å². The fourth-order valence-electron chi connectivity index (χ4n) is 2.78. The number of nitrogens with zero attached hydrogens (tertiary/aromatic N) is 1. The van der Waals surface area contributed by atoms with Crippen molar-refractivity contribution in [3.05, 3.63) is 34.9 Å². The second-order valence-electron chi connectivity index (χ2n) is 5.76. The maximum Gasteiger partial charge on any atom is 0.254 e. The van der Waals surface area contributed by atoms with Gasteiger partial charge in [0.05, 0.1) is 0 Å². The summed E-state index contributed by atoms with van der Waals surface area (Å²) in [6, 6.07) is 6.10. The van der Waals surface area contributed by atoms with E-state index >= 15 is 0 Å². The highest BCUT2D eigenvalue weighted by Gasteiger charge is 2.27. The van der Waals surface area contributed by atoms with Crippen LogP contribution in [0.5, 0.6) is 0 Å². The summed E-state index contributed by atoms with van der Waals surface area (Å²) >= 11 is 0. The van der Waals surface area contributed by atoms with Crippen molar-refractivity contribution in [1.29, 1.82) is 0 Å². The van der Waals surface area contributed by atoms with Crippen molar-refractivity contribution < 1.29 is 4.79 Å². The number of rotatable bonds is 2. The van der Waals surface area contributed by atoms with Crippen LogP contribution in [-0.2, 0) is 0 Å². The standard InChI is InChI=1S/C16H24N2O/c1-11-6-4-8-15(12(11)2)16(19)18-9-5-7-14(10-18)13(3)17/h4,6,8,13-14H,5,7,9-10,17H2,1-3H3/t13-,14+/m0/s1. The van der Waals surface area contributed by atoms with E-state index in [1.54, 1.807) is 0 Å². The summed E-state index contributed by atoms with van der Waals surface area (Å²) < 4.78 is 0. The van der Waals surface area contributed by atoms with Crippen LogP contribution in [0.2, 0.25) is 0 Å². The Hall–Kier alpha value is -1.35. The summed E-state index contributed by atoms with van der Waals surface area (Å²) in [7, 11) is 0. The lowest BCUT2D eigenvalue weighted by molar-refractivity contribution is 0.0660. The molecule has 1 aromatic rings. The van der Waals surface area contributed by atoms with E-state index in [1.807, 2.05) is 43.9 Å². The monoisotopic (exact) mass is 260 g/mol. The van der Waals surface area contributed by atoms with E-state index in [9.17, 15) is 4.79 Å². The molecular formula is C16H24N2O. The Morgan fingerprint density at radius 3 is 2.84 bits per heavy atom. The van der Waals surface area contributed by atoms with Gasteiger partial charge in [0, 0.05) is 24.7 Å². The molecule has 2 atom stereocenters. The Labute approximate surface area is 115 Å². The molecular weight excluding hydrogens is 236 g/mol. The molecule has 1 saturated heterocycles.